The van der Waals surface area contributed by atoms with E-state index in [9.17, 15) is 4.79 Å². The lowest BCUT2D eigenvalue weighted by atomic mass is 10.1. The minimum absolute atomic E-state index is 0.352. The molecule has 1 rings (SSSR count). The van der Waals surface area contributed by atoms with Crippen molar-refractivity contribution in [2.75, 3.05) is 13.2 Å². The van der Waals surface area contributed by atoms with Crippen molar-refractivity contribution in [1.82, 2.24) is 0 Å². The molecule has 17 heavy (non-hydrogen) atoms. The maximum atomic E-state index is 10.9. The second-order valence-electron chi connectivity index (χ2n) is 3.47. The monoisotopic (exact) mass is 232 g/mol. The van der Waals surface area contributed by atoms with Crippen LogP contribution in [0.5, 0.6) is 11.5 Å². The zero-order chi connectivity index (χ0) is 12.7. The topological polar surface area (TPSA) is 35.5 Å². The Labute approximate surface area is 101 Å². The van der Waals surface area contributed by atoms with Gasteiger partial charge in [0.25, 0.3) is 0 Å². The van der Waals surface area contributed by atoms with Crippen molar-refractivity contribution < 1.29 is 14.3 Å². The van der Waals surface area contributed by atoms with Crippen LogP contribution in [0.4, 0.5) is 0 Å². The lowest BCUT2D eigenvalue weighted by Crippen LogP contribution is -2.01. The smallest absolute Gasteiger partial charge is 0.153 e. The fourth-order valence-corrected chi connectivity index (χ4v) is 1.36. The third kappa shape index (κ3) is 3.48. The van der Waals surface area contributed by atoms with Crippen molar-refractivity contribution in [1.29, 1.82) is 0 Å². The van der Waals surface area contributed by atoms with Gasteiger partial charge in [-0.25, -0.2) is 0 Å². The maximum Gasteiger partial charge on any atom is 0.153 e. The largest absolute Gasteiger partial charge is 0.489 e. The molecule has 0 heterocycles. The van der Waals surface area contributed by atoms with Gasteiger partial charge in [0.15, 0.2) is 6.29 Å². The molecule has 0 N–H and O–H groups in total. The zero-order valence-corrected chi connectivity index (χ0v) is 9.94. The highest BCUT2D eigenvalue weighted by Gasteiger charge is 2.08. The van der Waals surface area contributed by atoms with Crippen LogP contribution in [-0.2, 0) is 0 Å². The normalized spacial score (nSPS) is 9.47. The van der Waals surface area contributed by atoms with Gasteiger partial charge in [0.1, 0.15) is 24.7 Å². The molecule has 0 fully saturated rings. The van der Waals surface area contributed by atoms with E-state index in [-0.39, 0.29) is 0 Å². The summed E-state index contributed by atoms with van der Waals surface area (Å²) in [5, 5.41) is 0. The van der Waals surface area contributed by atoms with Crippen molar-refractivity contribution in [3.63, 3.8) is 0 Å². The second-order valence-corrected chi connectivity index (χ2v) is 3.47. The Morgan fingerprint density at radius 3 is 2.24 bits per heavy atom. The van der Waals surface area contributed by atoms with Gasteiger partial charge in [0.05, 0.1) is 5.56 Å². The van der Waals surface area contributed by atoms with Crippen LogP contribution in [0.1, 0.15) is 15.9 Å². The Hall–Kier alpha value is -2.03. The van der Waals surface area contributed by atoms with Crippen molar-refractivity contribution >= 4 is 6.29 Å². The van der Waals surface area contributed by atoms with E-state index in [1.165, 1.54) is 0 Å². The summed E-state index contributed by atoms with van der Waals surface area (Å²) >= 11 is 0. The molecule has 0 aliphatic rings. The van der Waals surface area contributed by atoms with Gasteiger partial charge in [-0.05, 0) is 18.6 Å². The van der Waals surface area contributed by atoms with Gasteiger partial charge in [0, 0.05) is 6.07 Å². The third-order valence-corrected chi connectivity index (χ3v) is 2.15. The van der Waals surface area contributed by atoms with Crippen LogP contribution in [0, 0.1) is 6.92 Å². The average molecular weight is 232 g/mol. The molecule has 3 nitrogen and oxygen atoms in total. The Morgan fingerprint density at radius 1 is 1.12 bits per heavy atom. The summed E-state index contributed by atoms with van der Waals surface area (Å²) in [5.74, 6) is 1.19. The number of benzene rings is 1. The highest BCUT2D eigenvalue weighted by atomic mass is 16.5. The molecule has 0 atom stereocenters. The summed E-state index contributed by atoms with van der Waals surface area (Å²) < 4.78 is 10.9. The van der Waals surface area contributed by atoms with E-state index in [1.54, 1.807) is 24.3 Å². The minimum Gasteiger partial charge on any atom is -0.489 e. The van der Waals surface area contributed by atoms with Crippen molar-refractivity contribution in [2.45, 2.75) is 6.92 Å². The fraction of sp³-hybridized carbons (Fsp3) is 0.214. The molecule has 0 aliphatic carbocycles. The summed E-state index contributed by atoms with van der Waals surface area (Å²) in [4.78, 5) is 10.9. The van der Waals surface area contributed by atoms with Crippen LogP contribution < -0.4 is 9.47 Å². The lowest BCUT2D eigenvalue weighted by molar-refractivity contribution is 0.112. The molecule has 1 aromatic carbocycles. The van der Waals surface area contributed by atoms with Gasteiger partial charge < -0.3 is 9.47 Å². The molecule has 90 valence electrons. The zero-order valence-electron chi connectivity index (χ0n) is 9.94. The first-order valence-electron chi connectivity index (χ1n) is 5.30. The number of aldehydes is 1. The van der Waals surface area contributed by atoms with Crippen LogP contribution in [0.25, 0.3) is 0 Å². The first-order valence-corrected chi connectivity index (χ1v) is 5.30. The quantitative estimate of drug-likeness (QED) is 0.535. The summed E-state index contributed by atoms with van der Waals surface area (Å²) in [5.41, 5.74) is 1.40. The van der Waals surface area contributed by atoms with E-state index in [0.29, 0.717) is 30.3 Å². The SMILES string of the molecule is C=CCOc1cc(OCC=C)c(C=O)cc1C. The number of ether oxygens (including phenoxy) is 2. The van der Waals surface area contributed by atoms with Crippen LogP contribution in [0.15, 0.2) is 37.4 Å². The predicted octanol–water partition coefficient (Wildman–Crippen LogP) is 2.94. The van der Waals surface area contributed by atoms with Gasteiger partial charge in [0.2, 0.25) is 0 Å². The number of carbonyl (C=O) groups is 1. The summed E-state index contributed by atoms with van der Waals surface area (Å²) in [7, 11) is 0. The standard InChI is InChI=1S/C14H16O3/c1-4-6-16-13-9-14(17-7-5-2)12(10-15)8-11(13)3/h4-5,8-10H,1-2,6-7H2,3H3. The number of hydrogen-bond donors (Lipinski definition) is 0. The highest BCUT2D eigenvalue weighted by Crippen LogP contribution is 2.28. The van der Waals surface area contributed by atoms with Gasteiger partial charge in [-0.3, -0.25) is 4.79 Å². The van der Waals surface area contributed by atoms with Crippen molar-refractivity contribution in [3.8, 4) is 11.5 Å². The Morgan fingerprint density at radius 2 is 1.71 bits per heavy atom. The minimum atomic E-state index is 0.352. The van der Waals surface area contributed by atoms with Crippen molar-refractivity contribution in [2.24, 2.45) is 0 Å². The second kappa shape index (κ2) is 6.53. The van der Waals surface area contributed by atoms with E-state index in [0.717, 1.165) is 11.8 Å². The predicted molar refractivity (Wildman–Crippen MR) is 68.0 cm³/mol. The molecule has 0 aliphatic heterocycles. The first kappa shape index (κ1) is 13.0. The van der Waals surface area contributed by atoms with E-state index in [2.05, 4.69) is 13.2 Å². The molecule has 0 radical (unpaired) electrons. The summed E-state index contributed by atoms with van der Waals surface area (Å²) in [6.07, 6.45) is 4.05. The van der Waals surface area contributed by atoms with E-state index in [1.807, 2.05) is 6.92 Å². The molecular formula is C14H16O3. The molecule has 1 aromatic rings. The van der Waals surface area contributed by atoms with Gasteiger partial charge >= 0.3 is 0 Å². The molecule has 0 unspecified atom stereocenters. The van der Waals surface area contributed by atoms with E-state index in [4.69, 9.17) is 9.47 Å². The first-order chi connectivity index (χ1) is 8.22. The van der Waals surface area contributed by atoms with Crippen molar-refractivity contribution in [3.05, 3.63) is 48.6 Å². The Kier molecular flexibility index (Phi) is 5.01. The van der Waals surface area contributed by atoms with E-state index >= 15 is 0 Å². The van der Waals surface area contributed by atoms with E-state index < -0.39 is 0 Å². The fourth-order valence-electron chi connectivity index (χ4n) is 1.36. The molecule has 3 heteroatoms. The molecule has 0 amide bonds. The van der Waals surface area contributed by atoms with Crippen LogP contribution >= 0.6 is 0 Å². The number of aryl methyl sites for hydroxylation is 1. The molecule has 0 spiro atoms. The highest BCUT2D eigenvalue weighted by molar-refractivity contribution is 5.80. The summed E-state index contributed by atoms with van der Waals surface area (Å²) in [6, 6.07) is 3.45. The third-order valence-electron chi connectivity index (χ3n) is 2.15. The number of carbonyl (C=O) groups excluding carboxylic acids is 1. The van der Waals surface area contributed by atoms with Crippen LogP contribution in [-0.4, -0.2) is 19.5 Å². The van der Waals surface area contributed by atoms with Crippen LogP contribution in [0.2, 0.25) is 0 Å². The Bertz CT molecular complexity index is 422. The molecule has 0 saturated carbocycles. The van der Waals surface area contributed by atoms with Crippen LogP contribution in [0.3, 0.4) is 0 Å². The Balaban J connectivity index is 3.02. The average Bonchev–Trinajstić information content (AvgIpc) is 2.35. The molecule has 0 saturated heterocycles. The molecule has 0 bridgehead atoms. The van der Waals surface area contributed by atoms with Gasteiger partial charge in [-0.2, -0.15) is 0 Å². The number of rotatable bonds is 7. The van der Waals surface area contributed by atoms with Gasteiger partial charge in [-0.1, -0.05) is 25.3 Å². The molecule has 0 aromatic heterocycles. The number of hydrogen-bond acceptors (Lipinski definition) is 3. The maximum absolute atomic E-state index is 10.9. The van der Waals surface area contributed by atoms with Gasteiger partial charge in [-0.15, -0.1) is 0 Å². The lowest BCUT2D eigenvalue weighted by Gasteiger charge is -2.12. The molecular weight excluding hydrogens is 216 g/mol. The summed E-state index contributed by atoms with van der Waals surface area (Å²) in [6.45, 7) is 9.80.